The van der Waals surface area contributed by atoms with Gasteiger partial charge in [-0.1, -0.05) is 19.4 Å². The first-order valence-electron chi connectivity index (χ1n) is 10.6. The molecule has 9 heteroatoms. The summed E-state index contributed by atoms with van der Waals surface area (Å²) in [7, 11) is -4.55. The summed E-state index contributed by atoms with van der Waals surface area (Å²) in [4.78, 5) is 24.6. The lowest BCUT2D eigenvalue weighted by atomic mass is 9.45. The molecule has 4 N–H and O–H groups in total. The van der Waals surface area contributed by atoms with Gasteiger partial charge in [0.25, 0.3) is 10.1 Å². The van der Waals surface area contributed by atoms with E-state index in [1.165, 1.54) is 6.08 Å². The fourth-order valence-electron chi connectivity index (χ4n) is 7.71. The number of aliphatic hydroxyl groups excluding tert-OH is 2. The number of rotatable bonds is 3. The Balaban J connectivity index is 1.82. The van der Waals surface area contributed by atoms with Crippen LogP contribution in [0.1, 0.15) is 52.4 Å². The van der Waals surface area contributed by atoms with Gasteiger partial charge in [-0.15, -0.1) is 0 Å². The van der Waals surface area contributed by atoms with Gasteiger partial charge in [-0.05, 0) is 55.9 Å². The molecule has 8 atom stereocenters. The van der Waals surface area contributed by atoms with Gasteiger partial charge in [0.2, 0.25) is 0 Å². The van der Waals surface area contributed by atoms with Crippen LogP contribution in [0.2, 0.25) is 0 Å². The molecule has 1 unspecified atom stereocenters. The SMILES string of the molecule is C[C@]12C[C@H](O)[C@H]3[C@@H](CCC4=CC(=O)CC(S(=O)(=O)O)[C@@]43C)[C@@H]1CC[C@]2(O)C(=O)CO. The van der Waals surface area contributed by atoms with E-state index in [-0.39, 0.29) is 36.9 Å². The maximum absolute atomic E-state index is 12.4. The molecule has 3 fully saturated rings. The molecule has 0 aromatic rings. The monoisotopic (exact) mass is 442 g/mol. The van der Waals surface area contributed by atoms with Gasteiger partial charge in [-0.2, -0.15) is 8.42 Å². The predicted octanol–water partition coefficient (Wildman–Crippen LogP) is 0.648. The molecular formula is C21H30O8S. The van der Waals surface area contributed by atoms with Crippen LogP contribution in [0.25, 0.3) is 0 Å². The molecule has 8 nitrogen and oxygen atoms in total. The number of fused-ring (bicyclic) bond motifs is 5. The third-order valence-electron chi connectivity index (χ3n) is 9.09. The maximum atomic E-state index is 12.4. The van der Waals surface area contributed by atoms with Gasteiger partial charge in [-0.25, -0.2) is 0 Å². The Morgan fingerprint density at radius 2 is 1.93 bits per heavy atom. The topological polar surface area (TPSA) is 149 Å². The molecule has 0 aliphatic heterocycles. The lowest BCUT2D eigenvalue weighted by Crippen LogP contribution is -2.64. The highest BCUT2D eigenvalue weighted by Crippen LogP contribution is 2.68. The van der Waals surface area contributed by atoms with Crippen molar-refractivity contribution >= 4 is 21.7 Å². The van der Waals surface area contributed by atoms with Crippen LogP contribution < -0.4 is 0 Å². The van der Waals surface area contributed by atoms with Crippen LogP contribution in [0, 0.1) is 28.6 Å². The Morgan fingerprint density at radius 3 is 2.53 bits per heavy atom. The summed E-state index contributed by atoms with van der Waals surface area (Å²) >= 11 is 0. The first-order chi connectivity index (χ1) is 13.8. The molecule has 168 valence electrons. The van der Waals surface area contributed by atoms with Crippen molar-refractivity contribution in [3.63, 3.8) is 0 Å². The molecule has 0 saturated heterocycles. The van der Waals surface area contributed by atoms with E-state index >= 15 is 0 Å². The molecule has 0 bridgehead atoms. The highest BCUT2D eigenvalue weighted by molar-refractivity contribution is 7.86. The molecule has 0 heterocycles. The van der Waals surface area contributed by atoms with Gasteiger partial charge in [0.1, 0.15) is 17.5 Å². The van der Waals surface area contributed by atoms with Crippen LogP contribution in [0.15, 0.2) is 11.6 Å². The van der Waals surface area contributed by atoms with E-state index in [1.807, 2.05) is 0 Å². The van der Waals surface area contributed by atoms with Crippen LogP contribution in [-0.2, 0) is 19.7 Å². The average Bonchev–Trinajstić information content (AvgIpc) is 2.91. The minimum absolute atomic E-state index is 0.0795. The van der Waals surface area contributed by atoms with Gasteiger partial charge in [0.15, 0.2) is 11.6 Å². The van der Waals surface area contributed by atoms with E-state index in [0.29, 0.717) is 24.8 Å². The predicted molar refractivity (Wildman–Crippen MR) is 106 cm³/mol. The van der Waals surface area contributed by atoms with Crippen LogP contribution in [0.4, 0.5) is 0 Å². The summed E-state index contributed by atoms with van der Waals surface area (Å²) in [6.45, 7) is 2.71. The molecule has 3 saturated carbocycles. The van der Waals surface area contributed by atoms with E-state index in [4.69, 9.17) is 0 Å². The summed E-state index contributed by atoms with van der Waals surface area (Å²) in [5.74, 6) is -1.85. The Bertz CT molecular complexity index is 925. The zero-order chi connectivity index (χ0) is 22.3. The van der Waals surface area contributed by atoms with Gasteiger partial charge in [0, 0.05) is 17.3 Å². The first-order valence-corrected chi connectivity index (χ1v) is 12.1. The molecule has 4 rings (SSSR count). The molecule has 4 aliphatic rings. The summed E-state index contributed by atoms with van der Waals surface area (Å²) in [5, 5.41) is 30.6. The summed E-state index contributed by atoms with van der Waals surface area (Å²) < 4.78 is 34.5. The first kappa shape index (κ1) is 22.1. The zero-order valence-corrected chi connectivity index (χ0v) is 18.1. The second-order valence-corrected chi connectivity index (χ2v) is 11.7. The standard InChI is InChI=1S/C21H30O8S/c1-19-9-15(24)18-13(14(19)5-6-21(19,26)16(25)10-22)4-3-11-7-12(23)8-17(20(11,18)2)30(27,28)29/h7,13-15,17-18,22,24,26H,3-6,8-10H2,1-2H3,(H,27,28,29)/t13-,14-,15-,17?,18+,19-,20+,21-/m0/s1. The van der Waals surface area contributed by atoms with Crippen LogP contribution in [0.5, 0.6) is 0 Å². The van der Waals surface area contributed by atoms with Gasteiger partial charge in [-0.3, -0.25) is 14.1 Å². The zero-order valence-electron chi connectivity index (χ0n) is 17.2. The van der Waals surface area contributed by atoms with Gasteiger partial charge >= 0.3 is 0 Å². The number of hydrogen-bond acceptors (Lipinski definition) is 7. The largest absolute Gasteiger partial charge is 0.393 e. The van der Waals surface area contributed by atoms with Crippen molar-refractivity contribution in [2.75, 3.05) is 6.61 Å². The maximum Gasteiger partial charge on any atom is 0.269 e. The molecule has 0 radical (unpaired) electrons. The number of hydrogen-bond donors (Lipinski definition) is 4. The summed E-state index contributed by atoms with van der Waals surface area (Å²) in [6, 6.07) is 0. The van der Waals surface area contributed by atoms with Crippen molar-refractivity contribution in [1.82, 2.24) is 0 Å². The number of aliphatic hydroxyl groups is 3. The average molecular weight is 443 g/mol. The molecule has 0 aromatic carbocycles. The van der Waals surface area contributed by atoms with Crippen molar-refractivity contribution in [3.05, 3.63) is 11.6 Å². The third-order valence-corrected chi connectivity index (χ3v) is 10.5. The summed E-state index contributed by atoms with van der Waals surface area (Å²) in [6.07, 6.45) is 1.96. The van der Waals surface area contributed by atoms with Crippen molar-refractivity contribution in [3.8, 4) is 0 Å². The molecule has 4 aliphatic carbocycles. The number of allylic oxidation sites excluding steroid dienone is 1. The highest BCUT2D eigenvalue weighted by atomic mass is 32.2. The fraction of sp³-hybridized carbons (Fsp3) is 0.810. The van der Waals surface area contributed by atoms with E-state index in [2.05, 4.69) is 0 Å². The number of carbonyl (C=O) groups excluding carboxylic acids is 2. The second-order valence-electron chi connectivity index (χ2n) is 10.1. The number of carbonyl (C=O) groups is 2. The molecule has 0 amide bonds. The van der Waals surface area contributed by atoms with E-state index < -0.39 is 56.2 Å². The number of ketones is 2. The van der Waals surface area contributed by atoms with E-state index in [9.17, 15) is 37.9 Å². The van der Waals surface area contributed by atoms with E-state index in [0.717, 1.165) is 0 Å². The van der Waals surface area contributed by atoms with Crippen LogP contribution in [-0.4, -0.2) is 63.4 Å². The molecule has 0 spiro atoms. The quantitative estimate of drug-likeness (QED) is 0.465. The van der Waals surface area contributed by atoms with Crippen LogP contribution in [0.3, 0.4) is 0 Å². The second kappa shape index (κ2) is 6.68. The van der Waals surface area contributed by atoms with E-state index in [1.54, 1.807) is 13.8 Å². The van der Waals surface area contributed by atoms with Crippen molar-refractivity contribution < 1.29 is 37.9 Å². The van der Waals surface area contributed by atoms with Gasteiger partial charge in [0.05, 0.1) is 6.10 Å². The Morgan fingerprint density at radius 1 is 1.27 bits per heavy atom. The normalized spacial score (nSPS) is 48.4. The smallest absolute Gasteiger partial charge is 0.269 e. The minimum atomic E-state index is -4.55. The van der Waals surface area contributed by atoms with Crippen molar-refractivity contribution in [1.29, 1.82) is 0 Å². The molecule has 0 aromatic heterocycles. The fourth-order valence-corrected chi connectivity index (χ4v) is 9.01. The van der Waals surface area contributed by atoms with Crippen molar-refractivity contribution in [2.24, 2.45) is 28.6 Å². The lowest BCUT2D eigenvalue weighted by molar-refractivity contribution is -0.182. The Labute approximate surface area is 176 Å². The van der Waals surface area contributed by atoms with Crippen LogP contribution >= 0.6 is 0 Å². The Hall–Kier alpha value is -1.13. The van der Waals surface area contributed by atoms with Gasteiger partial charge < -0.3 is 15.3 Å². The number of Topliss-reactive ketones (excluding diaryl/α,β-unsaturated/α-hetero) is 1. The highest BCUT2D eigenvalue weighted by Gasteiger charge is 2.69. The minimum Gasteiger partial charge on any atom is -0.393 e. The molecular weight excluding hydrogens is 412 g/mol. The molecule has 30 heavy (non-hydrogen) atoms. The lowest BCUT2D eigenvalue weighted by Gasteiger charge is -2.61. The Kier molecular flexibility index (Phi) is 4.92. The summed E-state index contributed by atoms with van der Waals surface area (Å²) in [5.41, 5.74) is -3.14. The third kappa shape index (κ3) is 2.68. The van der Waals surface area contributed by atoms with Crippen molar-refractivity contribution in [2.45, 2.75) is 69.3 Å².